The molecule has 1 saturated heterocycles. The van der Waals surface area contributed by atoms with E-state index in [0.29, 0.717) is 16.3 Å². The number of piperazine rings is 1. The van der Waals surface area contributed by atoms with Gasteiger partial charge in [0.1, 0.15) is 0 Å². The Morgan fingerprint density at radius 3 is 2.25 bits per heavy atom. The van der Waals surface area contributed by atoms with Crippen LogP contribution in [0, 0.1) is 0 Å². The van der Waals surface area contributed by atoms with E-state index in [1.165, 1.54) is 0 Å². The number of nitrogens with zero attached hydrogens (tertiary/aromatic N) is 3. The van der Waals surface area contributed by atoms with Crippen LogP contribution >= 0.6 is 11.6 Å². The molecule has 182 valence electrons. The van der Waals surface area contributed by atoms with E-state index < -0.39 is 0 Å². The van der Waals surface area contributed by atoms with Crippen LogP contribution in [0.1, 0.15) is 16.1 Å². The number of halogens is 1. The van der Waals surface area contributed by atoms with E-state index in [1.807, 2.05) is 48.5 Å². The summed E-state index contributed by atoms with van der Waals surface area (Å²) in [6, 6.07) is 27.7. The second-order valence-corrected chi connectivity index (χ2v) is 9.62. The van der Waals surface area contributed by atoms with Crippen LogP contribution < -0.4 is 5.32 Å². The van der Waals surface area contributed by atoms with Gasteiger partial charge >= 0.3 is 0 Å². The van der Waals surface area contributed by atoms with Crippen LogP contribution in [0.15, 0.2) is 91.1 Å². The van der Waals surface area contributed by atoms with Gasteiger partial charge in [0.05, 0.1) is 17.6 Å². The molecule has 3 aromatic carbocycles. The third-order valence-electron chi connectivity index (χ3n) is 6.60. The summed E-state index contributed by atoms with van der Waals surface area (Å²) >= 11 is 6.51. The van der Waals surface area contributed by atoms with E-state index >= 15 is 0 Å². The number of likely N-dealkylation sites (N-methyl/N-ethyl adjacent to an activating group) is 1. The Hall–Kier alpha value is -3.51. The van der Waals surface area contributed by atoms with Crippen molar-refractivity contribution in [3.05, 3.63) is 107 Å². The van der Waals surface area contributed by atoms with Crippen LogP contribution in [0.25, 0.3) is 22.3 Å². The molecule has 1 aliphatic heterocycles. The molecule has 0 saturated carbocycles. The summed E-state index contributed by atoms with van der Waals surface area (Å²) in [6.07, 6.45) is 1.72. The van der Waals surface area contributed by atoms with Crippen molar-refractivity contribution in [3.63, 3.8) is 0 Å². The van der Waals surface area contributed by atoms with Gasteiger partial charge in [0.15, 0.2) is 0 Å². The number of hydrogen-bond acceptors (Lipinski definition) is 4. The molecule has 4 aromatic rings. The van der Waals surface area contributed by atoms with Crippen LogP contribution in [-0.2, 0) is 6.54 Å². The number of amides is 1. The summed E-state index contributed by atoms with van der Waals surface area (Å²) < 4.78 is 0. The monoisotopic (exact) mass is 496 g/mol. The average molecular weight is 497 g/mol. The number of benzene rings is 3. The molecule has 5 nitrogen and oxygen atoms in total. The predicted molar refractivity (Wildman–Crippen MR) is 147 cm³/mol. The molecule has 1 aromatic heterocycles. The molecule has 1 fully saturated rings. The number of nitrogens with one attached hydrogen (secondary N) is 1. The van der Waals surface area contributed by atoms with Gasteiger partial charge in [-0.1, -0.05) is 66.2 Å². The fraction of sp³-hybridized carbons (Fsp3) is 0.200. The third-order valence-corrected chi connectivity index (χ3v) is 6.93. The summed E-state index contributed by atoms with van der Waals surface area (Å²) in [6.45, 7) is 5.07. The molecule has 5 rings (SSSR count). The van der Waals surface area contributed by atoms with E-state index in [-0.39, 0.29) is 5.91 Å². The van der Waals surface area contributed by atoms with Crippen LogP contribution in [0.3, 0.4) is 0 Å². The highest BCUT2D eigenvalue weighted by Crippen LogP contribution is 2.31. The Labute approximate surface area is 217 Å². The van der Waals surface area contributed by atoms with Crippen molar-refractivity contribution in [2.24, 2.45) is 0 Å². The minimum atomic E-state index is -0.192. The molecule has 0 spiro atoms. The second-order valence-electron chi connectivity index (χ2n) is 9.21. The van der Waals surface area contributed by atoms with Gasteiger partial charge in [0, 0.05) is 48.9 Å². The van der Waals surface area contributed by atoms with Gasteiger partial charge < -0.3 is 10.2 Å². The number of rotatable bonds is 6. The molecule has 0 atom stereocenters. The number of anilines is 1. The van der Waals surface area contributed by atoms with Crippen molar-refractivity contribution in [2.75, 3.05) is 38.5 Å². The van der Waals surface area contributed by atoms with Crippen molar-refractivity contribution in [1.29, 1.82) is 0 Å². The van der Waals surface area contributed by atoms with Gasteiger partial charge in [-0.15, -0.1) is 0 Å². The smallest absolute Gasteiger partial charge is 0.255 e. The molecule has 6 heteroatoms. The highest BCUT2D eigenvalue weighted by atomic mass is 35.5. The molecular formula is C30H29ClN4O. The average Bonchev–Trinajstić information content (AvgIpc) is 2.92. The summed E-state index contributed by atoms with van der Waals surface area (Å²) in [5.74, 6) is -0.192. The van der Waals surface area contributed by atoms with Crippen LogP contribution in [-0.4, -0.2) is 53.9 Å². The topological polar surface area (TPSA) is 48.5 Å². The quantitative estimate of drug-likeness (QED) is 0.352. The molecule has 1 amide bonds. The molecule has 0 radical (unpaired) electrons. The van der Waals surface area contributed by atoms with Crippen molar-refractivity contribution >= 4 is 23.2 Å². The first kappa shape index (κ1) is 24.2. The zero-order chi connectivity index (χ0) is 24.9. The van der Waals surface area contributed by atoms with Crippen molar-refractivity contribution in [2.45, 2.75) is 6.54 Å². The van der Waals surface area contributed by atoms with Crippen LogP contribution in [0.5, 0.6) is 0 Å². The highest BCUT2D eigenvalue weighted by molar-refractivity contribution is 6.33. The van der Waals surface area contributed by atoms with Gasteiger partial charge in [0.2, 0.25) is 0 Å². The summed E-state index contributed by atoms with van der Waals surface area (Å²) in [7, 11) is 2.15. The molecular weight excluding hydrogens is 468 g/mol. The maximum absolute atomic E-state index is 13.0. The van der Waals surface area contributed by atoms with E-state index in [0.717, 1.165) is 60.7 Å². The Morgan fingerprint density at radius 2 is 1.56 bits per heavy atom. The Morgan fingerprint density at radius 1 is 0.861 bits per heavy atom. The number of hydrogen-bond donors (Lipinski definition) is 1. The van der Waals surface area contributed by atoms with Crippen molar-refractivity contribution in [1.82, 2.24) is 14.8 Å². The van der Waals surface area contributed by atoms with Crippen molar-refractivity contribution in [3.8, 4) is 22.3 Å². The number of aromatic nitrogens is 1. The molecule has 2 heterocycles. The Kier molecular flexibility index (Phi) is 7.42. The van der Waals surface area contributed by atoms with E-state index in [2.05, 4.69) is 51.4 Å². The van der Waals surface area contributed by atoms with Crippen LogP contribution in [0.2, 0.25) is 5.02 Å². The minimum Gasteiger partial charge on any atom is -0.321 e. The second kappa shape index (κ2) is 11.0. The van der Waals surface area contributed by atoms with Gasteiger partial charge in [-0.2, -0.15) is 0 Å². The zero-order valence-electron chi connectivity index (χ0n) is 20.3. The molecule has 1 aliphatic rings. The number of pyridine rings is 1. The lowest BCUT2D eigenvalue weighted by Gasteiger charge is -2.32. The summed E-state index contributed by atoms with van der Waals surface area (Å²) in [5.41, 5.74) is 6.30. The van der Waals surface area contributed by atoms with E-state index in [9.17, 15) is 4.79 Å². The maximum Gasteiger partial charge on any atom is 0.255 e. The molecule has 1 N–H and O–H groups in total. The fourth-order valence-corrected chi connectivity index (χ4v) is 4.62. The zero-order valence-corrected chi connectivity index (χ0v) is 21.1. The van der Waals surface area contributed by atoms with Crippen molar-refractivity contribution < 1.29 is 4.79 Å². The first-order valence-corrected chi connectivity index (χ1v) is 12.6. The maximum atomic E-state index is 13.0. The fourth-order valence-electron chi connectivity index (χ4n) is 4.39. The summed E-state index contributed by atoms with van der Waals surface area (Å²) in [4.78, 5) is 22.3. The van der Waals surface area contributed by atoms with Gasteiger partial charge in [-0.05, 0) is 54.1 Å². The van der Waals surface area contributed by atoms with Gasteiger partial charge in [0.25, 0.3) is 5.91 Å². The minimum absolute atomic E-state index is 0.192. The normalized spacial score (nSPS) is 14.5. The molecule has 0 bridgehead atoms. The molecule has 0 unspecified atom stereocenters. The molecule has 0 aliphatic carbocycles. The predicted octanol–water partition coefficient (Wildman–Crippen LogP) is 6.07. The first-order valence-electron chi connectivity index (χ1n) is 12.2. The van der Waals surface area contributed by atoms with Crippen LogP contribution in [0.4, 0.5) is 5.69 Å². The lowest BCUT2D eigenvalue weighted by Crippen LogP contribution is -2.43. The third kappa shape index (κ3) is 5.82. The highest BCUT2D eigenvalue weighted by Gasteiger charge is 2.15. The lowest BCUT2D eigenvalue weighted by molar-refractivity contribution is 0.102. The molecule has 36 heavy (non-hydrogen) atoms. The first-order chi connectivity index (χ1) is 17.5. The Bertz CT molecular complexity index is 1320. The van der Waals surface area contributed by atoms with Gasteiger partial charge in [-0.3, -0.25) is 14.7 Å². The summed E-state index contributed by atoms with van der Waals surface area (Å²) in [5, 5.41) is 3.56. The van der Waals surface area contributed by atoms with Gasteiger partial charge in [-0.25, -0.2) is 0 Å². The largest absolute Gasteiger partial charge is 0.321 e. The van der Waals surface area contributed by atoms with E-state index in [1.54, 1.807) is 18.3 Å². The lowest BCUT2D eigenvalue weighted by atomic mass is 9.99. The SMILES string of the molecule is CN1CCN(Cc2ccc(NC(=O)c3ccc(Cl)c(-c4ccc(-c5ccccc5)cc4)c3)cn2)CC1. The standard InChI is InChI=1S/C30H29ClN4O/c1-34-15-17-35(18-16-34)21-27-13-12-26(20-32-27)33-30(36)25-11-14-29(31)28(19-25)24-9-7-23(8-10-24)22-5-3-2-4-6-22/h2-14,19-20H,15-18,21H2,1H3,(H,33,36). The van der Waals surface area contributed by atoms with E-state index in [4.69, 9.17) is 11.6 Å². The number of carbonyl (C=O) groups is 1. The Balaban J connectivity index is 1.26. The number of carbonyl (C=O) groups excluding carboxylic acids is 1.